The molecule has 136 valence electrons. The number of hydrogen-bond donors (Lipinski definition) is 2. The summed E-state index contributed by atoms with van der Waals surface area (Å²) in [5.41, 5.74) is 3.07. The van der Waals surface area contributed by atoms with E-state index in [9.17, 15) is 10.0 Å². The van der Waals surface area contributed by atoms with Gasteiger partial charge < -0.3 is 10.0 Å². The Morgan fingerprint density at radius 3 is 2.44 bits per heavy atom. The highest BCUT2D eigenvalue weighted by molar-refractivity contribution is 6.41. The molecule has 2 aromatic rings. The monoisotopic (exact) mass is 356 g/mol. The molecule has 0 aliphatic carbocycles. The molecular formula is C24H25BO2. The van der Waals surface area contributed by atoms with Crippen LogP contribution >= 0.6 is 0 Å². The van der Waals surface area contributed by atoms with Crippen molar-refractivity contribution in [1.82, 2.24) is 0 Å². The predicted octanol–water partition coefficient (Wildman–Crippen LogP) is 5.50. The summed E-state index contributed by atoms with van der Waals surface area (Å²) < 4.78 is 0. The van der Waals surface area contributed by atoms with Crippen LogP contribution in [0.4, 0.5) is 0 Å². The second-order valence-corrected chi connectivity index (χ2v) is 6.11. The predicted molar refractivity (Wildman–Crippen MR) is 118 cm³/mol. The molecule has 0 amide bonds. The van der Waals surface area contributed by atoms with Gasteiger partial charge in [0, 0.05) is 6.32 Å². The Kier molecular flexibility index (Phi) is 8.30. The van der Waals surface area contributed by atoms with Crippen LogP contribution < -0.4 is 0 Å². The van der Waals surface area contributed by atoms with E-state index in [0.717, 1.165) is 16.7 Å². The van der Waals surface area contributed by atoms with Crippen molar-refractivity contribution >= 4 is 23.5 Å². The van der Waals surface area contributed by atoms with Crippen LogP contribution in [0.5, 0.6) is 0 Å². The molecule has 0 aliphatic heterocycles. The quantitative estimate of drug-likeness (QED) is 0.460. The largest absolute Gasteiger partial charge is 0.455 e. The van der Waals surface area contributed by atoms with Crippen LogP contribution in [0.15, 0.2) is 110 Å². The van der Waals surface area contributed by atoms with Crippen molar-refractivity contribution in [2.45, 2.75) is 12.7 Å². The van der Waals surface area contributed by atoms with E-state index in [0.29, 0.717) is 6.42 Å². The highest BCUT2D eigenvalue weighted by atomic mass is 16.4. The molecule has 3 heteroatoms. The maximum atomic E-state index is 9.20. The summed E-state index contributed by atoms with van der Waals surface area (Å²) in [6, 6.07) is 14.6. The maximum absolute atomic E-state index is 9.20. The molecule has 0 radical (unpaired) electrons. The molecule has 0 heterocycles. The van der Waals surface area contributed by atoms with Crippen molar-refractivity contribution in [2.75, 3.05) is 0 Å². The molecule has 0 fully saturated rings. The van der Waals surface area contributed by atoms with Crippen LogP contribution in [-0.2, 0) is 0 Å². The first-order valence-corrected chi connectivity index (χ1v) is 8.96. The Labute approximate surface area is 162 Å². The van der Waals surface area contributed by atoms with Crippen molar-refractivity contribution in [3.63, 3.8) is 0 Å². The summed E-state index contributed by atoms with van der Waals surface area (Å²) in [7, 11) is -1.36. The minimum absolute atomic E-state index is 0.185. The molecule has 2 rings (SSSR count). The fraction of sp³-hybridized carbons (Fsp3) is 0.0833. The van der Waals surface area contributed by atoms with E-state index in [1.807, 2.05) is 54.7 Å². The van der Waals surface area contributed by atoms with Crippen molar-refractivity contribution in [1.29, 1.82) is 0 Å². The zero-order valence-electron chi connectivity index (χ0n) is 15.5. The van der Waals surface area contributed by atoms with Crippen LogP contribution in [0.1, 0.15) is 12.0 Å². The SMILES string of the molecule is C=C/C=C\C=C/CC(=C/CB(O)O)/C=C(\C=C)c1ccc2ccccc2c1. The molecule has 0 saturated heterocycles. The van der Waals surface area contributed by atoms with Gasteiger partial charge in [0.25, 0.3) is 0 Å². The minimum atomic E-state index is -1.36. The molecule has 2 aromatic carbocycles. The third kappa shape index (κ3) is 6.74. The second-order valence-electron chi connectivity index (χ2n) is 6.11. The Hall–Kier alpha value is -2.88. The van der Waals surface area contributed by atoms with Gasteiger partial charge in [0.05, 0.1) is 0 Å². The standard InChI is InChI=1S/C24H25BO2/c1-3-5-6-7-8-11-20(16-17-25(26)27)18-21(4-2)24-15-14-22-12-9-10-13-23(22)19-24/h3-10,12-16,18-19,26-27H,1-2,11,17H2/b6-5-,8-7-,20-16-,21-18+. The summed E-state index contributed by atoms with van der Waals surface area (Å²) >= 11 is 0. The molecule has 2 nitrogen and oxygen atoms in total. The van der Waals surface area contributed by atoms with Crippen LogP contribution in [0.2, 0.25) is 6.32 Å². The fourth-order valence-electron chi connectivity index (χ4n) is 2.71. The van der Waals surface area contributed by atoms with Gasteiger partial charge in [-0.15, -0.1) is 0 Å². The molecule has 0 atom stereocenters. The van der Waals surface area contributed by atoms with E-state index in [1.54, 1.807) is 6.08 Å². The van der Waals surface area contributed by atoms with E-state index in [4.69, 9.17) is 0 Å². The van der Waals surface area contributed by atoms with E-state index < -0.39 is 7.12 Å². The third-order valence-corrected chi connectivity index (χ3v) is 4.08. The second kappa shape index (κ2) is 11.0. The van der Waals surface area contributed by atoms with E-state index in [2.05, 4.69) is 43.5 Å². The number of allylic oxidation sites excluding steroid dienone is 10. The average molecular weight is 356 g/mol. The lowest BCUT2D eigenvalue weighted by Gasteiger charge is -2.07. The molecule has 0 aromatic heterocycles. The van der Waals surface area contributed by atoms with Crippen molar-refractivity contribution in [3.8, 4) is 0 Å². The van der Waals surface area contributed by atoms with Gasteiger partial charge in [0.2, 0.25) is 0 Å². The van der Waals surface area contributed by atoms with Crippen molar-refractivity contribution in [3.05, 3.63) is 115 Å². The normalized spacial score (nSPS) is 12.8. The summed E-state index contributed by atoms with van der Waals surface area (Å²) in [5.74, 6) is 0. The summed E-state index contributed by atoms with van der Waals surface area (Å²) in [6.45, 7) is 7.59. The smallest absolute Gasteiger partial charge is 0.427 e. The van der Waals surface area contributed by atoms with Gasteiger partial charge in [-0.3, -0.25) is 0 Å². The third-order valence-electron chi connectivity index (χ3n) is 4.08. The lowest BCUT2D eigenvalue weighted by Crippen LogP contribution is -2.08. The van der Waals surface area contributed by atoms with Crippen LogP contribution in [0, 0.1) is 0 Å². The minimum Gasteiger partial charge on any atom is -0.427 e. The first-order chi connectivity index (χ1) is 13.1. The number of rotatable bonds is 9. The zero-order chi connectivity index (χ0) is 19.5. The molecule has 27 heavy (non-hydrogen) atoms. The Balaban J connectivity index is 2.32. The highest BCUT2D eigenvalue weighted by Gasteiger charge is 2.05. The topological polar surface area (TPSA) is 40.5 Å². The van der Waals surface area contributed by atoms with Crippen LogP contribution in [0.3, 0.4) is 0 Å². The lowest BCUT2D eigenvalue weighted by atomic mass is 9.84. The van der Waals surface area contributed by atoms with Crippen molar-refractivity contribution < 1.29 is 10.0 Å². The summed E-state index contributed by atoms with van der Waals surface area (Å²) in [5, 5.41) is 20.8. The van der Waals surface area contributed by atoms with E-state index >= 15 is 0 Å². The molecular weight excluding hydrogens is 331 g/mol. The fourth-order valence-corrected chi connectivity index (χ4v) is 2.71. The first-order valence-electron chi connectivity index (χ1n) is 8.96. The highest BCUT2D eigenvalue weighted by Crippen LogP contribution is 2.24. The summed E-state index contributed by atoms with van der Waals surface area (Å²) in [4.78, 5) is 0. The first kappa shape index (κ1) is 20.4. The van der Waals surface area contributed by atoms with Gasteiger partial charge in [-0.1, -0.05) is 98.2 Å². The number of benzene rings is 2. The summed E-state index contributed by atoms with van der Waals surface area (Å²) in [6.07, 6.45) is 16.0. The number of hydrogen-bond acceptors (Lipinski definition) is 2. The van der Waals surface area contributed by atoms with Crippen molar-refractivity contribution in [2.24, 2.45) is 0 Å². The van der Waals surface area contributed by atoms with Gasteiger partial charge in [-0.25, -0.2) is 0 Å². The van der Waals surface area contributed by atoms with Gasteiger partial charge in [0.15, 0.2) is 0 Å². The Bertz CT molecular complexity index is 901. The van der Waals surface area contributed by atoms with E-state index in [1.165, 1.54) is 10.8 Å². The van der Waals surface area contributed by atoms with Gasteiger partial charge >= 0.3 is 7.12 Å². The molecule has 2 N–H and O–H groups in total. The molecule has 0 spiro atoms. The van der Waals surface area contributed by atoms with Crippen LogP contribution in [-0.4, -0.2) is 17.2 Å². The molecule has 0 bridgehead atoms. The Morgan fingerprint density at radius 1 is 0.963 bits per heavy atom. The van der Waals surface area contributed by atoms with E-state index in [-0.39, 0.29) is 6.32 Å². The average Bonchev–Trinajstić information content (AvgIpc) is 2.68. The maximum Gasteiger partial charge on any atom is 0.455 e. The molecule has 0 saturated carbocycles. The Morgan fingerprint density at radius 2 is 1.74 bits per heavy atom. The molecule has 0 unspecified atom stereocenters. The van der Waals surface area contributed by atoms with Gasteiger partial charge in [-0.2, -0.15) is 0 Å². The molecule has 0 aliphatic rings. The van der Waals surface area contributed by atoms with Gasteiger partial charge in [-0.05, 0) is 40.0 Å². The van der Waals surface area contributed by atoms with Gasteiger partial charge in [0.1, 0.15) is 0 Å². The number of fused-ring (bicyclic) bond motifs is 1. The lowest BCUT2D eigenvalue weighted by molar-refractivity contribution is 0.411. The van der Waals surface area contributed by atoms with Crippen LogP contribution in [0.25, 0.3) is 16.3 Å². The zero-order valence-corrected chi connectivity index (χ0v) is 15.5.